The maximum Gasteiger partial charge on any atom is 0.267 e. The predicted molar refractivity (Wildman–Crippen MR) is 126 cm³/mol. The van der Waals surface area contributed by atoms with Gasteiger partial charge < -0.3 is 10.5 Å². The number of nitrogens with zero attached hydrogens (tertiary/aromatic N) is 3. The molecule has 0 unspecified atom stereocenters. The van der Waals surface area contributed by atoms with E-state index in [-0.39, 0.29) is 28.3 Å². The normalized spacial score (nSPS) is 13.7. The molecular formula is C23H21N5O4S. The molecule has 1 fully saturated rings. The maximum absolute atomic E-state index is 13.1. The lowest BCUT2D eigenvalue weighted by molar-refractivity contribution is 0.385. The molecule has 0 atom stereocenters. The number of nitrogen functional groups attached to an aromatic ring is 1. The summed E-state index contributed by atoms with van der Waals surface area (Å²) in [5.41, 5.74) is 7.83. The number of methoxy groups -OCH3 is 1. The third-order valence-electron chi connectivity index (χ3n) is 5.50. The molecule has 168 valence electrons. The minimum Gasteiger partial charge on any atom is -0.480 e. The Morgan fingerprint density at radius 3 is 2.55 bits per heavy atom. The molecule has 33 heavy (non-hydrogen) atoms. The Morgan fingerprint density at radius 2 is 1.85 bits per heavy atom. The average molecular weight is 464 g/mol. The average Bonchev–Trinajstić information content (AvgIpc) is 3.64. The van der Waals surface area contributed by atoms with Gasteiger partial charge in [0.05, 0.1) is 18.0 Å². The third-order valence-corrected chi connectivity index (χ3v) is 6.88. The second kappa shape index (κ2) is 7.89. The molecule has 0 bridgehead atoms. The largest absolute Gasteiger partial charge is 0.480 e. The number of para-hydroxylation sites is 1. The minimum absolute atomic E-state index is 0.0338. The van der Waals surface area contributed by atoms with Crippen LogP contribution in [0.15, 0.2) is 70.5 Å². The van der Waals surface area contributed by atoms with E-state index in [4.69, 9.17) is 10.5 Å². The van der Waals surface area contributed by atoms with Gasteiger partial charge in [0, 0.05) is 23.5 Å². The Bertz CT molecular complexity index is 1530. The number of hydrogen-bond acceptors (Lipinski definition) is 7. The van der Waals surface area contributed by atoms with E-state index in [1.165, 1.54) is 23.9 Å². The molecule has 2 aromatic heterocycles. The second-order valence-electron chi connectivity index (χ2n) is 7.81. The number of nitrogens with two attached hydrogens (primary N) is 1. The summed E-state index contributed by atoms with van der Waals surface area (Å²) in [6.07, 6.45) is 3.30. The standard InChI is InChI=1S/C23H21N5O4S/c1-32-21-20(33(30,31)27-16-5-3-2-4-6-16)12-15(13-25-21)14-7-10-19-18(11-14)22(29)28(17-8-9-17)23(24)26-19/h2-7,10-13,17,27H,8-9H2,1H3,(H2,24,26). The first kappa shape index (κ1) is 21.0. The fourth-order valence-corrected chi connectivity index (χ4v) is 4.94. The monoisotopic (exact) mass is 463 g/mol. The molecule has 3 N–H and O–H groups in total. The van der Waals surface area contributed by atoms with Gasteiger partial charge in [-0.2, -0.15) is 0 Å². The summed E-state index contributed by atoms with van der Waals surface area (Å²) in [4.78, 5) is 21.5. The van der Waals surface area contributed by atoms with Crippen LogP contribution >= 0.6 is 0 Å². The molecular weight excluding hydrogens is 442 g/mol. The lowest BCUT2D eigenvalue weighted by atomic mass is 10.1. The van der Waals surface area contributed by atoms with E-state index in [2.05, 4.69) is 14.7 Å². The highest BCUT2D eigenvalue weighted by molar-refractivity contribution is 7.92. The zero-order chi connectivity index (χ0) is 23.2. The van der Waals surface area contributed by atoms with E-state index in [1.807, 2.05) is 0 Å². The molecule has 4 aromatic rings. The van der Waals surface area contributed by atoms with Crippen LogP contribution in [0.3, 0.4) is 0 Å². The van der Waals surface area contributed by atoms with Crippen molar-refractivity contribution in [2.45, 2.75) is 23.8 Å². The Hall–Kier alpha value is -3.92. The summed E-state index contributed by atoms with van der Waals surface area (Å²) < 4.78 is 35.4. The predicted octanol–water partition coefficient (Wildman–Crippen LogP) is 3.19. The Morgan fingerprint density at radius 1 is 1.09 bits per heavy atom. The summed E-state index contributed by atoms with van der Waals surface area (Å²) in [5, 5.41) is 0.413. The van der Waals surface area contributed by atoms with Gasteiger partial charge in [-0.05, 0) is 48.7 Å². The van der Waals surface area contributed by atoms with Gasteiger partial charge >= 0.3 is 0 Å². The third kappa shape index (κ3) is 3.89. The molecule has 9 nitrogen and oxygen atoms in total. The number of benzene rings is 2. The molecule has 2 heterocycles. The molecule has 1 saturated carbocycles. The van der Waals surface area contributed by atoms with E-state index in [9.17, 15) is 13.2 Å². The van der Waals surface area contributed by atoms with Crippen molar-refractivity contribution >= 4 is 32.6 Å². The van der Waals surface area contributed by atoms with E-state index in [0.29, 0.717) is 27.7 Å². The SMILES string of the molecule is COc1ncc(-c2ccc3nc(N)n(C4CC4)c(=O)c3c2)cc1S(=O)(=O)Nc1ccccc1. The fourth-order valence-electron chi connectivity index (χ4n) is 3.73. The van der Waals surface area contributed by atoms with Crippen LogP contribution < -0.4 is 20.8 Å². The topological polar surface area (TPSA) is 129 Å². The van der Waals surface area contributed by atoms with Crippen molar-refractivity contribution in [3.8, 4) is 17.0 Å². The van der Waals surface area contributed by atoms with Crippen molar-refractivity contribution in [1.29, 1.82) is 0 Å². The number of rotatable bonds is 6. The molecule has 0 saturated heterocycles. The number of ether oxygens (including phenoxy) is 1. The molecule has 2 aromatic carbocycles. The number of aromatic nitrogens is 3. The van der Waals surface area contributed by atoms with Crippen LogP contribution in [0, 0.1) is 0 Å². The summed E-state index contributed by atoms with van der Waals surface area (Å²) in [6.45, 7) is 0. The van der Waals surface area contributed by atoms with Gasteiger partial charge in [-0.15, -0.1) is 0 Å². The first-order chi connectivity index (χ1) is 15.9. The summed E-state index contributed by atoms with van der Waals surface area (Å²) in [6, 6.07) is 15.2. The number of fused-ring (bicyclic) bond motifs is 1. The van der Waals surface area contributed by atoms with Gasteiger partial charge in [0.2, 0.25) is 11.8 Å². The maximum atomic E-state index is 13.1. The van der Waals surface area contributed by atoms with Crippen molar-refractivity contribution in [2.24, 2.45) is 0 Å². The molecule has 0 spiro atoms. The summed E-state index contributed by atoms with van der Waals surface area (Å²) in [7, 11) is -2.63. The number of anilines is 2. The van der Waals surface area contributed by atoms with Crippen molar-refractivity contribution in [3.05, 3.63) is 71.1 Å². The van der Waals surface area contributed by atoms with Gasteiger partial charge in [0.15, 0.2) is 0 Å². The summed E-state index contributed by atoms with van der Waals surface area (Å²) in [5.74, 6) is 0.169. The van der Waals surface area contributed by atoms with Gasteiger partial charge in [-0.1, -0.05) is 24.3 Å². The first-order valence-electron chi connectivity index (χ1n) is 10.3. The number of nitrogens with one attached hydrogen (secondary N) is 1. The molecule has 1 aliphatic carbocycles. The van der Waals surface area contributed by atoms with Gasteiger partial charge in [-0.3, -0.25) is 14.1 Å². The summed E-state index contributed by atoms with van der Waals surface area (Å²) >= 11 is 0. The van der Waals surface area contributed by atoms with Crippen molar-refractivity contribution < 1.29 is 13.2 Å². The fraction of sp³-hybridized carbons (Fsp3) is 0.174. The highest BCUT2D eigenvalue weighted by atomic mass is 32.2. The van der Waals surface area contributed by atoms with Crippen LogP contribution in [-0.2, 0) is 10.0 Å². The molecule has 0 radical (unpaired) electrons. The quantitative estimate of drug-likeness (QED) is 0.449. The molecule has 0 aliphatic heterocycles. The zero-order valence-electron chi connectivity index (χ0n) is 17.7. The molecule has 0 amide bonds. The highest BCUT2D eigenvalue weighted by Crippen LogP contribution is 2.36. The minimum atomic E-state index is -3.98. The van der Waals surface area contributed by atoms with Crippen molar-refractivity contribution in [3.63, 3.8) is 0 Å². The Labute approximate surface area is 189 Å². The van der Waals surface area contributed by atoms with Crippen LogP contribution in [0.4, 0.5) is 11.6 Å². The van der Waals surface area contributed by atoms with Crippen LogP contribution in [0.1, 0.15) is 18.9 Å². The van der Waals surface area contributed by atoms with Crippen LogP contribution in [0.25, 0.3) is 22.0 Å². The van der Waals surface area contributed by atoms with E-state index in [0.717, 1.165) is 12.8 Å². The van der Waals surface area contributed by atoms with E-state index >= 15 is 0 Å². The van der Waals surface area contributed by atoms with Crippen molar-refractivity contribution in [2.75, 3.05) is 17.6 Å². The molecule has 5 rings (SSSR count). The van der Waals surface area contributed by atoms with Crippen LogP contribution in [-0.4, -0.2) is 30.1 Å². The first-order valence-corrected chi connectivity index (χ1v) is 11.8. The Kier molecular flexibility index (Phi) is 5.01. The van der Waals surface area contributed by atoms with Gasteiger partial charge in [0.25, 0.3) is 15.6 Å². The second-order valence-corrected chi connectivity index (χ2v) is 9.46. The van der Waals surface area contributed by atoms with E-state index in [1.54, 1.807) is 48.5 Å². The van der Waals surface area contributed by atoms with Gasteiger partial charge in [-0.25, -0.2) is 18.4 Å². The zero-order valence-corrected chi connectivity index (χ0v) is 18.5. The molecule has 10 heteroatoms. The van der Waals surface area contributed by atoms with Crippen LogP contribution in [0.5, 0.6) is 5.88 Å². The number of sulfonamides is 1. The van der Waals surface area contributed by atoms with Crippen molar-refractivity contribution in [1.82, 2.24) is 14.5 Å². The molecule has 1 aliphatic rings. The van der Waals surface area contributed by atoms with E-state index < -0.39 is 10.0 Å². The van der Waals surface area contributed by atoms with Crippen LogP contribution in [0.2, 0.25) is 0 Å². The highest BCUT2D eigenvalue weighted by Gasteiger charge is 2.28. The number of hydrogen-bond donors (Lipinski definition) is 2. The Balaban J connectivity index is 1.61. The smallest absolute Gasteiger partial charge is 0.267 e. The lowest BCUT2D eigenvalue weighted by Gasteiger charge is -2.13. The lowest BCUT2D eigenvalue weighted by Crippen LogP contribution is -2.23. The number of pyridine rings is 1. The van der Waals surface area contributed by atoms with Gasteiger partial charge in [0.1, 0.15) is 4.90 Å².